The number of hydrogen-bond acceptors (Lipinski definition) is 4. The number of esters is 1. The number of nitrogens with two attached hydrogens (primary N) is 1. The molecule has 0 bridgehead atoms. The molecule has 1 unspecified atom stereocenters. The molecule has 0 aliphatic rings. The fourth-order valence-corrected chi connectivity index (χ4v) is 0.855. The zero-order chi connectivity index (χ0) is 12.3. The van der Waals surface area contributed by atoms with Gasteiger partial charge < -0.3 is 15.6 Å². The van der Waals surface area contributed by atoms with E-state index in [1.54, 1.807) is 20.8 Å². The summed E-state index contributed by atoms with van der Waals surface area (Å²) in [4.78, 5) is 22.4. The molecule has 1 atom stereocenters. The predicted molar refractivity (Wildman–Crippen MR) is 55.2 cm³/mol. The molecule has 3 N–H and O–H groups in total. The van der Waals surface area contributed by atoms with Gasteiger partial charge in [0, 0.05) is 6.42 Å². The maximum Gasteiger partial charge on any atom is 0.338 e. The Hall–Kier alpha value is -1.36. The van der Waals surface area contributed by atoms with Crippen LogP contribution in [0.4, 0.5) is 0 Å². The van der Waals surface area contributed by atoms with E-state index >= 15 is 0 Å². The molecule has 5 heteroatoms. The average molecular weight is 215 g/mol. The fourth-order valence-electron chi connectivity index (χ4n) is 0.855. The molecular formula is C10H17NO4. The minimum atomic E-state index is -2.05. The van der Waals surface area contributed by atoms with E-state index in [4.69, 9.17) is 15.6 Å². The molecule has 0 radical (unpaired) electrons. The summed E-state index contributed by atoms with van der Waals surface area (Å²) in [7, 11) is 0. The van der Waals surface area contributed by atoms with Gasteiger partial charge in [0.1, 0.15) is 5.60 Å². The summed E-state index contributed by atoms with van der Waals surface area (Å²) in [6.45, 7) is 8.28. The molecule has 0 saturated heterocycles. The summed E-state index contributed by atoms with van der Waals surface area (Å²) in [6.07, 6.45) is 1.11. The summed E-state index contributed by atoms with van der Waals surface area (Å²) in [5.74, 6) is -2.38. The van der Waals surface area contributed by atoms with Crippen LogP contribution in [-0.2, 0) is 14.3 Å². The molecule has 0 spiro atoms. The number of aliphatic carboxylic acids is 1. The van der Waals surface area contributed by atoms with Crippen molar-refractivity contribution in [2.45, 2.75) is 38.3 Å². The highest BCUT2D eigenvalue weighted by atomic mass is 16.6. The van der Waals surface area contributed by atoms with Gasteiger partial charge in [0.15, 0.2) is 0 Å². The zero-order valence-electron chi connectivity index (χ0n) is 9.24. The van der Waals surface area contributed by atoms with Crippen LogP contribution in [-0.4, -0.2) is 28.2 Å². The van der Waals surface area contributed by atoms with Gasteiger partial charge >= 0.3 is 11.9 Å². The van der Waals surface area contributed by atoms with E-state index < -0.39 is 23.1 Å². The van der Waals surface area contributed by atoms with Crippen LogP contribution >= 0.6 is 0 Å². The van der Waals surface area contributed by atoms with Gasteiger partial charge in [0.2, 0.25) is 5.54 Å². The topological polar surface area (TPSA) is 89.6 Å². The Kier molecular flexibility index (Phi) is 4.04. The smallest absolute Gasteiger partial charge is 0.338 e. The molecule has 86 valence electrons. The number of carbonyl (C=O) groups excluding carboxylic acids is 1. The number of ether oxygens (including phenoxy) is 1. The highest BCUT2D eigenvalue weighted by Gasteiger charge is 2.44. The summed E-state index contributed by atoms with van der Waals surface area (Å²) in [6, 6.07) is 0. The van der Waals surface area contributed by atoms with Gasteiger partial charge in [-0.15, -0.1) is 6.58 Å². The van der Waals surface area contributed by atoms with Gasteiger partial charge in [-0.05, 0) is 20.8 Å². The maximum absolute atomic E-state index is 11.5. The molecule has 15 heavy (non-hydrogen) atoms. The predicted octanol–water partition coefficient (Wildman–Crippen LogP) is 0.686. The molecule has 0 saturated carbocycles. The molecule has 0 amide bonds. The zero-order valence-corrected chi connectivity index (χ0v) is 9.24. The van der Waals surface area contributed by atoms with Gasteiger partial charge in [-0.3, -0.25) is 0 Å². The third kappa shape index (κ3) is 3.71. The molecule has 0 aliphatic heterocycles. The lowest BCUT2D eigenvalue weighted by atomic mass is 9.96. The van der Waals surface area contributed by atoms with Crippen LogP contribution in [0, 0.1) is 0 Å². The second-order valence-electron chi connectivity index (χ2n) is 4.27. The first-order chi connectivity index (χ1) is 6.63. The van der Waals surface area contributed by atoms with Crippen molar-refractivity contribution >= 4 is 11.9 Å². The second-order valence-corrected chi connectivity index (χ2v) is 4.27. The second kappa shape index (κ2) is 4.44. The Morgan fingerprint density at radius 1 is 1.47 bits per heavy atom. The van der Waals surface area contributed by atoms with Crippen molar-refractivity contribution in [1.82, 2.24) is 0 Å². The van der Waals surface area contributed by atoms with Crippen LogP contribution in [0.15, 0.2) is 12.7 Å². The van der Waals surface area contributed by atoms with E-state index in [1.165, 1.54) is 6.08 Å². The number of carbonyl (C=O) groups is 2. The van der Waals surface area contributed by atoms with Crippen molar-refractivity contribution in [2.75, 3.05) is 0 Å². The molecule has 0 aromatic rings. The van der Waals surface area contributed by atoms with Crippen molar-refractivity contribution in [3.05, 3.63) is 12.7 Å². The quantitative estimate of drug-likeness (QED) is 0.409. The number of rotatable bonds is 4. The standard InChI is InChI=1S/C10H17NO4/c1-5-6-10(11,7(12)13)8(14)15-9(2,3)4/h5H,1,6,11H2,2-4H3,(H,12,13). The summed E-state index contributed by atoms with van der Waals surface area (Å²) in [5.41, 5.74) is 2.64. The largest absolute Gasteiger partial charge is 0.479 e. The first-order valence-electron chi connectivity index (χ1n) is 4.50. The van der Waals surface area contributed by atoms with Crippen molar-refractivity contribution in [3.8, 4) is 0 Å². The van der Waals surface area contributed by atoms with E-state index in [0.717, 1.165) is 0 Å². The van der Waals surface area contributed by atoms with Gasteiger partial charge in [-0.2, -0.15) is 0 Å². The normalized spacial score (nSPS) is 15.2. The molecule has 0 heterocycles. The first kappa shape index (κ1) is 13.6. The van der Waals surface area contributed by atoms with Crippen molar-refractivity contribution in [2.24, 2.45) is 5.73 Å². The average Bonchev–Trinajstić information content (AvgIpc) is 2.00. The Bertz CT molecular complexity index is 280. The lowest BCUT2D eigenvalue weighted by Crippen LogP contribution is -2.56. The van der Waals surface area contributed by atoms with Crippen LogP contribution in [0.2, 0.25) is 0 Å². The highest BCUT2D eigenvalue weighted by Crippen LogP contribution is 2.16. The highest BCUT2D eigenvalue weighted by molar-refractivity contribution is 6.04. The Labute approximate surface area is 88.9 Å². The molecule has 5 nitrogen and oxygen atoms in total. The molecule has 0 rings (SSSR count). The van der Waals surface area contributed by atoms with Crippen molar-refractivity contribution < 1.29 is 19.4 Å². The van der Waals surface area contributed by atoms with E-state index in [1.807, 2.05) is 0 Å². The molecule has 0 aromatic carbocycles. The van der Waals surface area contributed by atoms with Gasteiger partial charge in [0.25, 0.3) is 0 Å². The first-order valence-corrected chi connectivity index (χ1v) is 4.50. The fraction of sp³-hybridized carbons (Fsp3) is 0.600. The summed E-state index contributed by atoms with van der Waals surface area (Å²) < 4.78 is 4.92. The van der Waals surface area contributed by atoms with Crippen LogP contribution < -0.4 is 5.73 Å². The molecular weight excluding hydrogens is 198 g/mol. The summed E-state index contributed by atoms with van der Waals surface area (Å²) in [5, 5.41) is 8.86. The van der Waals surface area contributed by atoms with Gasteiger partial charge in [0.05, 0.1) is 0 Å². The lowest BCUT2D eigenvalue weighted by molar-refractivity contribution is -0.168. The van der Waals surface area contributed by atoms with Crippen LogP contribution in [0.1, 0.15) is 27.2 Å². The van der Waals surface area contributed by atoms with Crippen molar-refractivity contribution in [3.63, 3.8) is 0 Å². The SMILES string of the molecule is C=CCC(N)(C(=O)O)C(=O)OC(C)(C)C. The molecule has 0 fully saturated rings. The van der Waals surface area contributed by atoms with E-state index in [9.17, 15) is 9.59 Å². The minimum absolute atomic E-state index is 0.169. The number of carboxylic acid groups (broad SMARTS) is 1. The third-order valence-electron chi connectivity index (χ3n) is 1.61. The minimum Gasteiger partial charge on any atom is -0.479 e. The van der Waals surface area contributed by atoms with Gasteiger partial charge in [-0.1, -0.05) is 6.08 Å². The van der Waals surface area contributed by atoms with Crippen LogP contribution in [0.5, 0.6) is 0 Å². The Morgan fingerprint density at radius 3 is 2.20 bits per heavy atom. The monoisotopic (exact) mass is 215 g/mol. The van der Waals surface area contributed by atoms with E-state index in [-0.39, 0.29) is 6.42 Å². The van der Waals surface area contributed by atoms with Crippen LogP contribution in [0.3, 0.4) is 0 Å². The lowest BCUT2D eigenvalue weighted by Gasteiger charge is -2.27. The van der Waals surface area contributed by atoms with Gasteiger partial charge in [-0.25, -0.2) is 9.59 Å². The number of carboxylic acids is 1. The van der Waals surface area contributed by atoms with Crippen LogP contribution in [0.25, 0.3) is 0 Å². The van der Waals surface area contributed by atoms with E-state index in [2.05, 4.69) is 6.58 Å². The Balaban J connectivity index is 4.87. The van der Waals surface area contributed by atoms with E-state index in [0.29, 0.717) is 0 Å². The summed E-state index contributed by atoms with van der Waals surface area (Å²) >= 11 is 0. The molecule has 0 aliphatic carbocycles. The molecule has 0 aromatic heterocycles. The number of hydrogen-bond donors (Lipinski definition) is 2. The Morgan fingerprint density at radius 2 is 1.93 bits per heavy atom. The maximum atomic E-state index is 11.5. The van der Waals surface area contributed by atoms with Crippen molar-refractivity contribution in [1.29, 1.82) is 0 Å². The third-order valence-corrected chi connectivity index (χ3v) is 1.61.